The van der Waals surface area contributed by atoms with Crippen molar-refractivity contribution in [3.05, 3.63) is 35.6 Å². The summed E-state index contributed by atoms with van der Waals surface area (Å²) in [6.07, 6.45) is 2.14. The van der Waals surface area contributed by atoms with Crippen molar-refractivity contribution in [2.24, 2.45) is 5.92 Å². The van der Waals surface area contributed by atoms with Crippen molar-refractivity contribution in [2.45, 2.75) is 25.2 Å². The van der Waals surface area contributed by atoms with Gasteiger partial charge in [-0.15, -0.1) is 0 Å². The fraction of sp³-hybridized carbons (Fsp3) is 0.533. The topological polar surface area (TPSA) is 20.3 Å². The summed E-state index contributed by atoms with van der Waals surface area (Å²) in [4.78, 5) is 13.8. The third-order valence-corrected chi connectivity index (χ3v) is 3.69. The van der Waals surface area contributed by atoms with Crippen molar-refractivity contribution in [2.75, 3.05) is 20.6 Å². The van der Waals surface area contributed by atoms with Gasteiger partial charge >= 0.3 is 0 Å². The molecule has 1 aromatic rings. The normalized spacial score (nSPS) is 24.6. The Kier molecular flexibility index (Phi) is 4.12. The second kappa shape index (κ2) is 5.61. The molecule has 1 aliphatic rings. The average Bonchev–Trinajstić information content (AvgIpc) is 2.31. The number of carbonyl (C=O) groups excluding carboxylic acids is 1. The van der Waals surface area contributed by atoms with Crippen LogP contribution in [0.5, 0.6) is 0 Å². The van der Waals surface area contributed by atoms with Crippen LogP contribution < -0.4 is 0 Å². The predicted octanol–water partition coefficient (Wildman–Crippen LogP) is 2.84. The number of benzene rings is 1. The third-order valence-electron chi connectivity index (χ3n) is 3.69. The fourth-order valence-corrected chi connectivity index (χ4v) is 2.88. The van der Waals surface area contributed by atoms with Crippen molar-refractivity contribution in [3.63, 3.8) is 0 Å². The molecule has 0 radical (unpaired) electrons. The molecule has 0 bridgehead atoms. The first-order valence-corrected chi connectivity index (χ1v) is 6.48. The highest BCUT2D eigenvalue weighted by molar-refractivity contribution is 5.80. The van der Waals surface area contributed by atoms with Crippen LogP contribution in [-0.2, 0) is 4.79 Å². The average molecular weight is 249 g/mol. The second-order valence-electron chi connectivity index (χ2n) is 5.47. The molecule has 2 nitrogen and oxygen atoms in total. The molecule has 1 aromatic carbocycles. The van der Waals surface area contributed by atoms with Crippen LogP contribution >= 0.6 is 0 Å². The van der Waals surface area contributed by atoms with Crippen LogP contribution in [0.25, 0.3) is 0 Å². The Morgan fingerprint density at radius 3 is 2.83 bits per heavy atom. The number of hydrogen-bond donors (Lipinski definition) is 0. The number of ketones is 1. The summed E-state index contributed by atoms with van der Waals surface area (Å²) < 4.78 is 13.3. The molecule has 3 heteroatoms. The number of nitrogens with zero attached hydrogens (tertiary/aromatic N) is 1. The molecule has 2 rings (SSSR count). The molecule has 18 heavy (non-hydrogen) atoms. The standard InChI is InChI=1S/C15H20FNO/c1-17(2)10-12-6-7-14(18)9-15(12)11-4-3-5-13(16)8-11/h3-5,8,12,15H,6-7,9-10H2,1-2H3/t12-,15+/m0/s1. The summed E-state index contributed by atoms with van der Waals surface area (Å²) in [5.74, 6) is 0.706. The first-order chi connectivity index (χ1) is 8.56. The zero-order chi connectivity index (χ0) is 13.1. The molecule has 0 spiro atoms. The molecule has 98 valence electrons. The molecule has 0 aliphatic heterocycles. The Hall–Kier alpha value is -1.22. The minimum atomic E-state index is -0.214. The van der Waals surface area contributed by atoms with Gasteiger partial charge in [-0.3, -0.25) is 4.79 Å². The van der Waals surface area contributed by atoms with Gasteiger partial charge < -0.3 is 4.90 Å². The highest BCUT2D eigenvalue weighted by Crippen LogP contribution is 2.36. The summed E-state index contributed by atoms with van der Waals surface area (Å²) in [6, 6.07) is 6.70. The van der Waals surface area contributed by atoms with E-state index in [2.05, 4.69) is 4.90 Å². The van der Waals surface area contributed by atoms with Gasteiger partial charge in [0.05, 0.1) is 0 Å². The van der Waals surface area contributed by atoms with Crippen LogP contribution in [0.2, 0.25) is 0 Å². The SMILES string of the molecule is CN(C)C[C@@H]1CCC(=O)C[C@@H]1c1cccc(F)c1. The van der Waals surface area contributed by atoms with Gasteiger partial charge in [-0.1, -0.05) is 12.1 Å². The van der Waals surface area contributed by atoms with Crippen molar-refractivity contribution in [3.8, 4) is 0 Å². The Morgan fingerprint density at radius 2 is 2.17 bits per heavy atom. The number of rotatable bonds is 3. The lowest BCUT2D eigenvalue weighted by Crippen LogP contribution is -2.31. The number of carbonyl (C=O) groups is 1. The predicted molar refractivity (Wildman–Crippen MR) is 70.0 cm³/mol. The van der Waals surface area contributed by atoms with Crippen LogP contribution in [0.4, 0.5) is 4.39 Å². The molecular weight excluding hydrogens is 229 g/mol. The van der Waals surface area contributed by atoms with Crippen molar-refractivity contribution < 1.29 is 9.18 Å². The zero-order valence-electron chi connectivity index (χ0n) is 11.0. The van der Waals surface area contributed by atoms with Gasteiger partial charge in [-0.05, 0) is 50.0 Å². The summed E-state index contributed by atoms with van der Waals surface area (Å²) in [6.45, 7) is 0.953. The van der Waals surface area contributed by atoms with E-state index in [-0.39, 0.29) is 11.7 Å². The highest BCUT2D eigenvalue weighted by atomic mass is 19.1. The molecule has 1 saturated carbocycles. The monoisotopic (exact) mass is 249 g/mol. The van der Waals surface area contributed by atoms with Gasteiger partial charge in [0.25, 0.3) is 0 Å². The van der Waals surface area contributed by atoms with Crippen molar-refractivity contribution in [1.29, 1.82) is 0 Å². The second-order valence-corrected chi connectivity index (χ2v) is 5.47. The van der Waals surface area contributed by atoms with Crippen LogP contribution in [0.3, 0.4) is 0 Å². The maximum atomic E-state index is 13.3. The van der Waals surface area contributed by atoms with E-state index in [1.54, 1.807) is 12.1 Å². The molecule has 0 saturated heterocycles. The van der Waals surface area contributed by atoms with Gasteiger partial charge in [0.1, 0.15) is 11.6 Å². The number of hydrogen-bond acceptors (Lipinski definition) is 2. The summed E-state index contributed by atoms with van der Waals surface area (Å²) >= 11 is 0. The van der Waals surface area contributed by atoms with E-state index < -0.39 is 0 Å². The summed E-state index contributed by atoms with van der Waals surface area (Å²) in [7, 11) is 4.08. The molecule has 1 fully saturated rings. The largest absolute Gasteiger partial charge is 0.309 e. The molecule has 2 atom stereocenters. The molecule has 0 unspecified atom stereocenters. The smallest absolute Gasteiger partial charge is 0.133 e. The Bertz CT molecular complexity index is 430. The van der Waals surface area contributed by atoms with Gasteiger partial charge in [0.15, 0.2) is 0 Å². The lowest BCUT2D eigenvalue weighted by Gasteiger charge is -2.33. The Morgan fingerprint density at radius 1 is 1.39 bits per heavy atom. The maximum absolute atomic E-state index is 13.3. The maximum Gasteiger partial charge on any atom is 0.133 e. The minimum absolute atomic E-state index is 0.171. The first kappa shape index (κ1) is 13.2. The van der Waals surface area contributed by atoms with E-state index in [1.807, 2.05) is 20.2 Å². The molecular formula is C15H20FNO. The molecule has 0 heterocycles. The van der Waals surface area contributed by atoms with E-state index >= 15 is 0 Å². The van der Waals surface area contributed by atoms with E-state index in [0.717, 1.165) is 18.5 Å². The summed E-state index contributed by atoms with van der Waals surface area (Å²) in [5, 5.41) is 0. The van der Waals surface area contributed by atoms with E-state index in [0.29, 0.717) is 24.5 Å². The zero-order valence-corrected chi connectivity index (χ0v) is 11.0. The third kappa shape index (κ3) is 3.16. The Labute approximate surface area is 108 Å². The van der Waals surface area contributed by atoms with Gasteiger partial charge in [0, 0.05) is 19.4 Å². The van der Waals surface area contributed by atoms with E-state index in [9.17, 15) is 9.18 Å². The van der Waals surface area contributed by atoms with Crippen LogP contribution in [0.1, 0.15) is 30.7 Å². The minimum Gasteiger partial charge on any atom is -0.309 e. The van der Waals surface area contributed by atoms with Crippen molar-refractivity contribution >= 4 is 5.78 Å². The highest BCUT2D eigenvalue weighted by Gasteiger charge is 2.30. The molecule has 0 aromatic heterocycles. The molecule has 1 aliphatic carbocycles. The van der Waals surface area contributed by atoms with Crippen LogP contribution in [-0.4, -0.2) is 31.3 Å². The van der Waals surface area contributed by atoms with Crippen LogP contribution in [0.15, 0.2) is 24.3 Å². The van der Waals surface area contributed by atoms with Gasteiger partial charge in [-0.25, -0.2) is 4.39 Å². The van der Waals surface area contributed by atoms with Crippen molar-refractivity contribution in [1.82, 2.24) is 4.90 Å². The number of Topliss-reactive ketones (excluding diaryl/α,β-unsaturated/α-hetero) is 1. The Balaban J connectivity index is 2.22. The molecule has 0 N–H and O–H groups in total. The lowest BCUT2D eigenvalue weighted by molar-refractivity contribution is -0.121. The lowest BCUT2D eigenvalue weighted by atomic mass is 9.74. The summed E-state index contributed by atoms with van der Waals surface area (Å²) in [5.41, 5.74) is 0.968. The van der Waals surface area contributed by atoms with Gasteiger partial charge in [-0.2, -0.15) is 0 Å². The quantitative estimate of drug-likeness (QED) is 0.821. The number of halogens is 1. The van der Waals surface area contributed by atoms with Gasteiger partial charge in [0.2, 0.25) is 0 Å². The first-order valence-electron chi connectivity index (χ1n) is 6.48. The van der Waals surface area contributed by atoms with Crippen LogP contribution in [0, 0.1) is 11.7 Å². The van der Waals surface area contributed by atoms with E-state index in [4.69, 9.17) is 0 Å². The fourth-order valence-electron chi connectivity index (χ4n) is 2.88. The van der Waals surface area contributed by atoms with E-state index in [1.165, 1.54) is 6.07 Å². The molecule has 0 amide bonds.